The quantitative estimate of drug-likeness (QED) is 0.637. The minimum Gasteiger partial charge on any atom is -0.344 e. The van der Waals surface area contributed by atoms with Gasteiger partial charge in [0.15, 0.2) is 0 Å². The number of benzene rings is 2. The molecule has 0 bridgehead atoms. The summed E-state index contributed by atoms with van der Waals surface area (Å²) >= 11 is 3.02. The fourth-order valence-electron chi connectivity index (χ4n) is 2.30. The van der Waals surface area contributed by atoms with Gasteiger partial charge in [-0.2, -0.15) is 0 Å². The number of hydrogen-bond donors (Lipinski definition) is 1. The van der Waals surface area contributed by atoms with Gasteiger partial charge in [0.05, 0.1) is 11.8 Å². The zero-order chi connectivity index (χ0) is 16.8. The molecule has 0 radical (unpaired) electrons. The van der Waals surface area contributed by atoms with Crippen LogP contribution in [-0.4, -0.2) is 11.7 Å². The van der Waals surface area contributed by atoms with E-state index in [1.807, 2.05) is 47.8 Å². The second-order valence-corrected chi connectivity index (χ2v) is 7.20. The zero-order valence-electron chi connectivity index (χ0n) is 12.8. The van der Waals surface area contributed by atoms with Crippen molar-refractivity contribution >= 4 is 29.0 Å². The van der Waals surface area contributed by atoms with Crippen molar-refractivity contribution < 1.29 is 9.18 Å². The van der Waals surface area contributed by atoms with E-state index in [2.05, 4.69) is 5.32 Å². The smallest absolute Gasteiger partial charge is 0.231 e. The molecule has 2 aromatic carbocycles. The molecule has 3 rings (SSSR count). The minimum absolute atomic E-state index is 0.0495. The maximum atomic E-state index is 12.9. The highest BCUT2D eigenvalue weighted by molar-refractivity contribution is 8.00. The molecule has 0 aliphatic rings. The lowest BCUT2D eigenvalue weighted by molar-refractivity contribution is -0.119. The van der Waals surface area contributed by atoms with Gasteiger partial charge >= 0.3 is 0 Å². The van der Waals surface area contributed by atoms with Crippen molar-refractivity contribution in [2.24, 2.45) is 0 Å². The van der Waals surface area contributed by atoms with Crippen LogP contribution in [0.5, 0.6) is 0 Å². The predicted octanol–water partition coefficient (Wildman–Crippen LogP) is 4.89. The van der Waals surface area contributed by atoms with Gasteiger partial charge in [-0.1, -0.05) is 36.4 Å². The highest BCUT2D eigenvalue weighted by Gasteiger charge is 2.17. The molecule has 1 heterocycles. The summed E-state index contributed by atoms with van der Waals surface area (Å²) in [5.74, 6) is -0.0300. The minimum atomic E-state index is -0.273. The van der Waals surface area contributed by atoms with E-state index in [0.29, 0.717) is 5.75 Å². The van der Waals surface area contributed by atoms with Crippen molar-refractivity contribution in [2.75, 3.05) is 5.75 Å². The number of carbonyl (C=O) groups excluding carboxylic acids is 1. The first-order valence-electron chi connectivity index (χ1n) is 7.48. The Bertz CT molecular complexity index is 773. The lowest BCUT2D eigenvalue weighted by Gasteiger charge is -2.18. The number of rotatable bonds is 6. The highest BCUT2D eigenvalue weighted by atomic mass is 32.2. The number of nitrogens with one attached hydrogen (secondary N) is 1. The second kappa shape index (κ2) is 8.13. The monoisotopic (exact) mass is 357 g/mol. The fraction of sp³-hybridized carbons (Fsp3) is 0.105. The van der Waals surface area contributed by atoms with Gasteiger partial charge in [-0.05, 0) is 41.3 Å². The van der Waals surface area contributed by atoms with Gasteiger partial charge in [-0.3, -0.25) is 4.79 Å². The Labute approximate surface area is 148 Å². The Morgan fingerprint density at radius 2 is 1.79 bits per heavy atom. The third-order valence-corrected chi connectivity index (χ3v) is 5.40. The molecular weight excluding hydrogens is 341 g/mol. The zero-order valence-corrected chi connectivity index (χ0v) is 14.4. The molecule has 0 aliphatic heterocycles. The number of thiophene rings is 1. The Morgan fingerprint density at radius 1 is 1.04 bits per heavy atom. The first-order chi connectivity index (χ1) is 11.7. The molecule has 1 amide bonds. The van der Waals surface area contributed by atoms with Crippen LogP contribution in [0.1, 0.15) is 16.5 Å². The van der Waals surface area contributed by atoms with Crippen molar-refractivity contribution in [1.82, 2.24) is 5.32 Å². The number of hydrogen-bond acceptors (Lipinski definition) is 3. The molecule has 0 spiro atoms. The van der Waals surface area contributed by atoms with E-state index < -0.39 is 0 Å². The van der Waals surface area contributed by atoms with E-state index in [9.17, 15) is 9.18 Å². The summed E-state index contributed by atoms with van der Waals surface area (Å²) in [6, 6.07) is 19.9. The molecule has 0 saturated carbocycles. The molecule has 0 saturated heterocycles. The Balaban J connectivity index is 1.66. The lowest BCUT2D eigenvalue weighted by atomic mass is 10.1. The van der Waals surface area contributed by atoms with E-state index in [1.165, 1.54) is 23.9 Å². The first kappa shape index (κ1) is 16.7. The number of thioether (sulfide) groups is 1. The molecule has 0 unspecified atom stereocenters. The van der Waals surface area contributed by atoms with Gasteiger partial charge in [0.2, 0.25) is 5.91 Å². The summed E-state index contributed by atoms with van der Waals surface area (Å²) < 4.78 is 12.9. The Kier molecular flexibility index (Phi) is 5.67. The van der Waals surface area contributed by atoms with Crippen molar-refractivity contribution in [3.63, 3.8) is 0 Å². The number of halogens is 1. The molecule has 2 nitrogen and oxygen atoms in total. The van der Waals surface area contributed by atoms with Crippen LogP contribution in [0.3, 0.4) is 0 Å². The van der Waals surface area contributed by atoms with Gasteiger partial charge in [0.1, 0.15) is 5.82 Å². The summed E-state index contributed by atoms with van der Waals surface area (Å²) in [7, 11) is 0. The van der Waals surface area contributed by atoms with Crippen molar-refractivity contribution in [3.05, 3.63) is 88.4 Å². The molecular formula is C19H16FNOS2. The van der Waals surface area contributed by atoms with Gasteiger partial charge in [0.25, 0.3) is 0 Å². The first-order valence-corrected chi connectivity index (χ1v) is 9.35. The summed E-state index contributed by atoms with van der Waals surface area (Å²) in [5, 5.41) is 5.10. The molecule has 1 atom stereocenters. The average Bonchev–Trinajstić information content (AvgIpc) is 3.14. The SMILES string of the molecule is O=C(CSc1ccc(F)cc1)N[C@@H](c1ccccc1)c1cccs1. The van der Waals surface area contributed by atoms with E-state index in [4.69, 9.17) is 0 Å². The third-order valence-electron chi connectivity index (χ3n) is 3.45. The Hall–Kier alpha value is -2.11. The van der Waals surface area contributed by atoms with Crippen LogP contribution in [0.25, 0.3) is 0 Å². The summed E-state index contributed by atoms with van der Waals surface area (Å²) in [6.07, 6.45) is 0. The molecule has 0 aliphatic carbocycles. The van der Waals surface area contributed by atoms with Crippen LogP contribution >= 0.6 is 23.1 Å². The van der Waals surface area contributed by atoms with Crippen molar-refractivity contribution in [2.45, 2.75) is 10.9 Å². The van der Waals surface area contributed by atoms with Gasteiger partial charge in [-0.25, -0.2) is 4.39 Å². The Morgan fingerprint density at radius 3 is 2.46 bits per heavy atom. The predicted molar refractivity (Wildman–Crippen MR) is 97.9 cm³/mol. The second-order valence-electron chi connectivity index (χ2n) is 5.17. The molecule has 5 heteroatoms. The number of carbonyl (C=O) groups is 1. The van der Waals surface area contributed by atoms with E-state index in [0.717, 1.165) is 15.3 Å². The average molecular weight is 357 g/mol. The third kappa shape index (κ3) is 4.46. The van der Waals surface area contributed by atoms with Crippen LogP contribution in [0, 0.1) is 5.82 Å². The normalized spacial score (nSPS) is 11.9. The maximum absolute atomic E-state index is 12.9. The number of amides is 1. The summed E-state index contributed by atoms with van der Waals surface area (Å²) in [5.41, 5.74) is 1.06. The van der Waals surface area contributed by atoms with Crippen LogP contribution in [0.15, 0.2) is 77.0 Å². The fourth-order valence-corrected chi connectivity index (χ4v) is 3.81. The molecule has 122 valence electrons. The highest BCUT2D eigenvalue weighted by Crippen LogP contribution is 2.26. The van der Waals surface area contributed by atoms with Crippen molar-refractivity contribution in [1.29, 1.82) is 0 Å². The summed E-state index contributed by atoms with van der Waals surface area (Å²) in [4.78, 5) is 14.3. The van der Waals surface area contributed by atoms with Gasteiger partial charge < -0.3 is 5.32 Å². The molecule has 3 aromatic rings. The van der Waals surface area contributed by atoms with Crippen LogP contribution in [0.2, 0.25) is 0 Å². The maximum Gasteiger partial charge on any atom is 0.231 e. The van der Waals surface area contributed by atoms with Crippen LogP contribution < -0.4 is 5.32 Å². The van der Waals surface area contributed by atoms with Crippen LogP contribution in [0.4, 0.5) is 4.39 Å². The van der Waals surface area contributed by atoms with Gasteiger partial charge in [-0.15, -0.1) is 23.1 Å². The summed E-state index contributed by atoms with van der Waals surface area (Å²) in [6.45, 7) is 0. The van der Waals surface area contributed by atoms with Crippen molar-refractivity contribution in [3.8, 4) is 0 Å². The standard InChI is InChI=1S/C19H16FNOS2/c20-15-8-10-16(11-9-15)24-13-18(22)21-19(17-7-4-12-23-17)14-5-2-1-3-6-14/h1-12,19H,13H2,(H,21,22)/t19-/m0/s1. The molecule has 24 heavy (non-hydrogen) atoms. The van der Waals surface area contributed by atoms with E-state index >= 15 is 0 Å². The largest absolute Gasteiger partial charge is 0.344 e. The molecule has 1 aromatic heterocycles. The van der Waals surface area contributed by atoms with Gasteiger partial charge in [0, 0.05) is 9.77 Å². The van der Waals surface area contributed by atoms with E-state index in [1.54, 1.807) is 23.5 Å². The topological polar surface area (TPSA) is 29.1 Å². The molecule has 1 N–H and O–H groups in total. The molecule has 0 fully saturated rings. The van der Waals surface area contributed by atoms with E-state index in [-0.39, 0.29) is 17.8 Å². The van der Waals surface area contributed by atoms with Crippen LogP contribution in [-0.2, 0) is 4.79 Å². The lowest BCUT2D eigenvalue weighted by Crippen LogP contribution is -2.30.